The molecule has 1 aliphatic carbocycles. The largest absolute Gasteiger partial charge is 0.507 e. The molecule has 0 heterocycles. The van der Waals surface area contributed by atoms with Gasteiger partial charge in [-0.3, -0.25) is 0 Å². The van der Waals surface area contributed by atoms with Crippen LogP contribution >= 0.6 is 15.9 Å². The van der Waals surface area contributed by atoms with Crippen LogP contribution in [0.3, 0.4) is 0 Å². The summed E-state index contributed by atoms with van der Waals surface area (Å²) in [5.41, 5.74) is 0.410. The maximum absolute atomic E-state index is 12.7. The van der Waals surface area contributed by atoms with E-state index < -0.39 is 33.1 Å². The molecule has 0 unspecified atom stereocenters. The summed E-state index contributed by atoms with van der Waals surface area (Å²) in [6.45, 7) is 0. The number of carboxylic acids is 1. The predicted octanol–water partition coefficient (Wildman–Crippen LogP) is 3.41. The zero-order valence-corrected chi connectivity index (χ0v) is 15.3. The van der Waals surface area contributed by atoms with Crippen molar-refractivity contribution < 1.29 is 28.5 Å². The smallest absolute Gasteiger partial charge is 0.339 e. The van der Waals surface area contributed by atoms with Crippen molar-refractivity contribution in [3.8, 4) is 11.5 Å². The minimum absolute atomic E-state index is 0.0150. The first-order valence-electron chi connectivity index (χ1n) is 7.49. The van der Waals surface area contributed by atoms with E-state index in [1.54, 1.807) is 0 Å². The Balaban J connectivity index is 2.07. The van der Waals surface area contributed by atoms with E-state index in [0.717, 1.165) is 12.8 Å². The Morgan fingerprint density at radius 2 is 1.84 bits per heavy atom. The molecule has 6 nitrogen and oxygen atoms in total. The van der Waals surface area contributed by atoms with Gasteiger partial charge in [0.25, 0.3) is 0 Å². The van der Waals surface area contributed by atoms with Gasteiger partial charge in [-0.25, -0.2) is 13.2 Å². The number of halogens is 1. The Bertz CT molecular complexity index is 963. The molecule has 0 aliphatic heterocycles. The van der Waals surface area contributed by atoms with Crippen molar-refractivity contribution >= 4 is 31.7 Å². The molecule has 25 heavy (non-hydrogen) atoms. The van der Waals surface area contributed by atoms with Crippen LogP contribution in [0.25, 0.3) is 0 Å². The first-order valence-corrected chi connectivity index (χ1v) is 9.94. The molecule has 0 saturated heterocycles. The van der Waals surface area contributed by atoms with E-state index in [2.05, 4.69) is 15.9 Å². The number of sulfone groups is 1. The van der Waals surface area contributed by atoms with Gasteiger partial charge in [-0.1, -0.05) is 22.0 Å². The second-order valence-electron chi connectivity index (χ2n) is 6.03. The van der Waals surface area contributed by atoms with Crippen LogP contribution in [0.1, 0.15) is 40.2 Å². The molecule has 0 atom stereocenters. The number of phenolic OH excluding ortho intramolecular Hbond substituents is 1. The average Bonchev–Trinajstić information content (AvgIpc) is 3.36. The molecule has 0 amide bonds. The van der Waals surface area contributed by atoms with Gasteiger partial charge in [-0.05, 0) is 48.6 Å². The zero-order valence-electron chi connectivity index (χ0n) is 12.9. The van der Waals surface area contributed by atoms with Gasteiger partial charge in [-0.15, -0.1) is 0 Å². The molecule has 3 N–H and O–H groups in total. The minimum Gasteiger partial charge on any atom is -0.507 e. The molecule has 8 heteroatoms. The van der Waals surface area contributed by atoms with Crippen LogP contribution < -0.4 is 0 Å². The highest BCUT2D eigenvalue weighted by atomic mass is 79.9. The third kappa shape index (κ3) is 3.64. The highest BCUT2D eigenvalue weighted by molar-refractivity contribution is 9.10. The van der Waals surface area contributed by atoms with E-state index >= 15 is 0 Å². The summed E-state index contributed by atoms with van der Waals surface area (Å²) in [7, 11) is -3.99. The molecule has 2 aromatic carbocycles. The lowest BCUT2D eigenvalue weighted by Crippen LogP contribution is -2.08. The van der Waals surface area contributed by atoms with Crippen LogP contribution in [0.15, 0.2) is 39.7 Å². The molecule has 132 valence electrons. The van der Waals surface area contributed by atoms with Crippen molar-refractivity contribution in [2.24, 2.45) is 0 Å². The van der Waals surface area contributed by atoms with E-state index in [-0.39, 0.29) is 21.9 Å². The molecule has 1 saturated carbocycles. The fourth-order valence-corrected chi connectivity index (χ4v) is 4.65. The van der Waals surface area contributed by atoms with Gasteiger partial charge in [0.2, 0.25) is 0 Å². The molecular weight excluding hydrogens is 412 g/mol. The zero-order chi connectivity index (χ0) is 18.4. The van der Waals surface area contributed by atoms with Crippen LogP contribution in [-0.2, 0) is 15.6 Å². The number of hydrogen-bond acceptors (Lipinski definition) is 5. The van der Waals surface area contributed by atoms with Gasteiger partial charge in [0, 0.05) is 10.0 Å². The van der Waals surface area contributed by atoms with Crippen molar-refractivity contribution in [3.63, 3.8) is 0 Å². The van der Waals surface area contributed by atoms with E-state index in [9.17, 15) is 28.5 Å². The first kappa shape index (κ1) is 17.8. The number of rotatable bonds is 5. The van der Waals surface area contributed by atoms with E-state index in [1.165, 1.54) is 30.3 Å². The minimum atomic E-state index is -3.99. The molecule has 2 aromatic rings. The van der Waals surface area contributed by atoms with Crippen LogP contribution in [0.4, 0.5) is 0 Å². The van der Waals surface area contributed by atoms with Gasteiger partial charge in [0.1, 0.15) is 22.0 Å². The molecule has 0 bridgehead atoms. The van der Waals surface area contributed by atoms with Crippen molar-refractivity contribution in [1.82, 2.24) is 0 Å². The summed E-state index contributed by atoms with van der Waals surface area (Å²) >= 11 is 3.16. The Labute approximate surface area is 152 Å². The molecular formula is C17H15BrO6S. The van der Waals surface area contributed by atoms with Crippen molar-refractivity contribution in [2.75, 3.05) is 0 Å². The van der Waals surface area contributed by atoms with Crippen LogP contribution in [0, 0.1) is 0 Å². The summed E-state index contributed by atoms with van der Waals surface area (Å²) in [4.78, 5) is 11.1. The molecule has 0 aromatic heterocycles. The fourth-order valence-electron chi connectivity index (χ4n) is 2.66. The SMILES string of the molecule is O=C(O)c1cc(C2CC2)cc(CS(=O)(=O)c2cc(Br)ccc2O)c1O. The quantitative estimate of drug-likeness (QED) is 0.675. The Morgan fingerprint density at radius 3 is 2.44 bits per heavy atom. The second kappa shape index (κ2) is 6.34. The lowest BCUT2D eigenvalue weighted by atomic mass is 10.0. The Kier molecular flexibility index (Phi) is 4.51. The second-order valence-corrected chi connectivity index (χ2v) is 8.90. The lowest BCUT2D eigenvalue weighted by Gasteiger charge is -2.12. The number of aromatic carboxylic acids is 1. The summed E-state index contributed by atoms with van der Waals surface area (Å²) < 4.78 is 25.8. The highest BCUT2D eigenvalue weighted by Gasteiger charge is 2.29. The van der Waals surface area contributed by atoms with Crippen LogP contribution in [0.2, 0.25) is 0 Å². The molecule has 1 fully saturated rings. The number of carboxylic acid groups (broad SMARTS) is 1. The lowest BCUT2D eigenvalue weighted by molar-refractivity contribution is 0.0693. The van der Waals surface area contributed by atoms with Crippen molar-refractivity contribution in [1.29, 1.82) is 0 Å². The van der Waals surface area contributed by atoms with Crippen LogP contribution in [0.5, 0.6) is 11.5 Å². The standard InChI is InChI=1S/C17H15BrO6S/c18-12-3-4-14(19)15(7-12)25(23,24)8-11-5-10(9-1-2-9)6-13(16(11)20)17(21)22/h3-7,9,19-20H,1-2,8H2,(H,21,22). The van der Waals surface area contributed by atoms with E-state index in [0.29, 0.717) is 10.0 Å². The third-order valence-corrected chi connectivity index (χ3v) is 6.27. The van der Waals surface area contributed by atoms with Gasteiger partial charge < -0.3 is 15.3 Å². The van der Waals surface area contributed by atoms with E-state index in [4.69, 9.17) is 0 Å². The normalized spacial score (nSPS) is 14.4. The number of hydrogen-bond donors (Lipinski definition) is 3. The maximum Gasteiger partial charge on any atom is 0.339 e. The topological polar surface area (TPSA) is 112 Å². The van der Waals surface area contributed by atoms with E-state index in [1.807, 2.05) is 0 Å². The van der Waals surface area contributed by atoms with Crippen molar-refractivity contribution in [3.05, 3.63) is 51.5 Å². The average molecular weight is 427 g/mol. The molecule has 1 aliphatic rings. The third-order valence-electron chi connectivity index (χ3n) is 4.09. The van der Waals surface area contributed by atoms with Gasteiger partial charge >= 0.3 is 5.97 Å². The molecule has 3 rings (SSSR count). The Morgan fingerprint density at radius 1 is 1.16 bits per heavy atom. The number of benzene rings is 2. The maximum atomic E-state index is 12.7. The fraction of sp³-hybridized carbons (Fsp3) is 0.235. The first-order chi connectivity index (χ1) is 11.7. The van der Waals surface area contributed by atoms with Crippen LogP contribution in [-0.4, -0.2) is 29.7 Å². The summed E-state index contributed by atoms with van der Waals surface area (Å²) in [5.74, 6) is -2.69. The van der Waals surface area contributed by atoms with Gasteiger partial charge in [-0.2, -0.15) is 0 Å². The number of phenols is 2. The summed E-state index contributed by atoms with van der Waals surface area (Å²) in [6, 6.07) is 6.95. The summed E-state index contributed by atoms with van der Waals surface area (Å²) in [5, 5.41) is 29.3. The molecule has 0 spiro atoms. The molecule has 0 radical (unpaired) electrons. The highest BCUT2D eigenvalue weighted by Crippen LogP contribution is 2.43. The Hall–Kier alpha value is -2.06. The van der Waals surface area contributed by atoms with Gasteiger partial charge in [0.05, 0.1) is 5.75 Å². The number of carbonyl (C=O) groups is 1. The number of aromatic hydroxyl groups is 2. The summed E-state index contributed by atoms with van der Waals surface area (Å²) in [6.07, 6.45) is 1.81. The van der Waals surface area contributed by atoms with Gasteiger partial charge in [0.15, 0.2) is 9.84 Å². The monoisotopic (exact) mass is 426 g/mol. The van der Waals surface area contributed by atoms with Crippen molar-refractivity contribution in [2.45, 2.75) is 29.4 Å². The predicted molar refractivity (Wildman–Crippen MR) is 93.7 cm³/mol.